The molecule has 20 heavy (non-hydrogen) atoms. The summed E-state index contributed by atoms with van der Waals surface area (Å²) in [7, 11) is 0. The first-order valence-electron chi connectivity index (χ1n) is 7.66. The third kappa shape index (κ3) is 1.51. The number of hydrogen-bond donors (Lipinski definition) is 1. The summed E-state index contributed by atoms with van der Waals surface area (Å²) in [5, 5.41) is 10.2. The van der Waals surface area contributed by atoms with E-state index in [9.17, 15) is 9.90 Å². The Morgan fingerprint density at radius 2 is 2.00 bits per heavy atom. The molecule has 3 rings (SSSR count). The van der Waals surface area contributed by atoms with Crippen LogP contribution in [0.4, 0.5) is 0 Å². The van der Waals surface area contributed by atoms with Gasteiger partial charge in [-0.3, -0.25) is 4.99 Å². The van der Waals surface area contributed by atoms with Gasteiger partial charge in [0.15, 0.2) is 6.04 Å². The van der Waals surface area contributed by atoms with Crippen LogP contribution in [-0.4, -0.2) is 35.0 Å². The minimum atomic E-state index is -0.758. The summed E-state index contributed by atoms with van der Waals surface area (Å²) >= 11 is 0. The van der Waals surface area contributed by atoms with E-state index in [0.717, 1.165) is 18.6 Å². The molecule has 0 unspecified atom stereocenters. The van der Waals surface area contributed by atoms with E-state index < -0.39 is 12.1 Å². The molecule has 1 heterocycles. The molecule has 4 nitrogen and oxygen atoms in total. The van der Waals surface area contributed by atoms with Crippen LogP contribution in [0.15, 0.2) is 4.99 Å². The van der Waals surface area contributed by atoms with E-state index in [1.54, 1.807) is 0 Å². The van der Waals surface area contributed by atoms with Crippen LogP contribution in [0.25, 0.3) is 0 Å². The summed E-state index contributed by atoms with van der Waals surface area (Å²) in [4.78, 5) is 16.9. The quantitative estimate of drug-likeness (QED) is 0.788. The second-order valence-electron chi connectivity index (χ2n) is 7.78. The summed E-state index contributed by atoms with van der Waals surface area (Å²) < 4.78 is 5.74. The molecule has 2 saturated carbocycles. The van der Waals surface area contributed by atoms with Gasteiger partial charge in [0.1, 0.15) is 6.10 Å². The monoisotopic (exact) mass is 279 g/mol. The fourth-order valence-corrected chi connectivity index (χ4v) is 4.35. The van der Waals surface area contributed by atoms with Gasteiger partial charge in [0, 0.05) is 11.3 Å². The van der Waals surface area contributed by atoms with E-state index in [0.29, 0.717) is 5.92 Å². The van der Waals surface area contributed by atoms with E-state index in [2.05, 4.69) is 25.8 Å². The summed E-state index contributed by atoms with van der Waals surface area (Å²) in [6.07, 6.45) is 1.25. The molecular weight excluding hydrogens is 254 g/mol. The van der Waals surface area contributed by atoms with Crippen molar-refractivity contribution in [2.45, 2.75) is 65.7 Å². The number of carbonyl (C=O) groups is 1. The number of carbonyl (C=O) groups excluding carboxylic acids is 1. The smallest absolute Gasteiger partial charge is 0.334 e. The van der Waals surface area contributed by atoms with Gasteiger partial charge in [0.2, 0.25) is 0 Å². The lowest BCUT2D eigenvalue weighted by atomic mass is 9.70. The first-order chi connectivity index (χ1) is 9.20. The molecule has 3 aliphatic rings. The second-order valence-corrected chi connectivity index (χ2v) is 7.78. The first kappa shape index (κ1) is 14.1. The summed E-state index contributed by atoms with van der Waals surface area (Å²) in [5.41, 5.74) is 1.11. The molecule has 2 bridgehead atoms. The Morgan fingerprint density at radius 1 is 1.35 bits per heavy atom. The van der Waals surface area contributed by atoms with Crippen molar-refractivity contribution in [2.75, 3.05) is 0 Å². The lowest BCUT2D eigenvalue weighted by molar-refractivity contribution is -0.159. The number of fused-ring (bicyclic) bond motifs is 5. The first-order valence-corrected chi connectivity index (χ1v) is 7.66. The fraction of sp³-hybridized carbons (Fsp3) is 0.875. The highest BCUT2D eigenvalue weighted by Gasteiger charge is 2.67. The largest absolute Gasteiger partial charge is 0.454 e. The predicted molar refractivity (Wildman–Crippen MR) is 76.6 cm³/mol. The summed E-state index contributed by atoms with van der Waals surface area (Å²) in [5.74, 6) is 0.0209. The zero-order chi connectivity index (χ0) is 14.9. The molecule has 0 radical (unpaired) electrons. The van der Waals surface area contributed by atoms with Gasteiger partial charge in [-0.05, 0) is 24.2 Å². The molecule has 1 aliphatic heterocycles. The summed E-state index contributed by atoms with van der Waals surface area (Å²) in [6, 6.07) is -0.736. The third-order valence-electron chi connectivity index (χ3n) is 6.27. The van der Waals surface area contributed by atoms with Crippen molar-refractivity contribution in [1.29, 1.82) is 0 Å². The molecule has 0 aromatic carbocycles. The van der Waals surface area contributed by atoms with Crippen LogP contribution >= 0.6 is 0 Å². The molecule has 0 spiro atoms. The van der Waals surface area contributed by atoms with Crippen molar-refractivity contribution in [1.82, 2.24) is 0 Å². The molecule has 2 fully saturated rings. The Morgan fingerprint density at radius 3 is 2.60 bits per heavy atom. The van der Waals surface area contributed by atoms with Gasteiger partial charge in [0.05, 0.1) is 11.8 Å². The molecule has 0 aromatic rings. The number of nitrogens with zero attached hydrogens (tertiary/aromatic N) is 1. The molecule has 4 heteroatoms. The lowest BCUT2D eigenvalue weighted by Crippen LogP contribution is -2.50. The van der Waals surface area contributed by atoms with Crippen molar-refractivity contribution in [2.24, 2.45) is 27.7 Å². The van der Waals surface area contributed by atoms with Gasteiger partial charge in [-0.15, -0.1) is 0 Å². The average Bonchev–Trinajstić information content (AvgIpc) is 2.68. The van der Waals surface area contributed by atoms with Gasteiger partial charge in [-0.25, -0.2) is 4.79 Å². The number of aliphatic hydroxyl groups excluding tert-OH is 1. The van der Waals surface area contributed by atoms with E-state index in [1.165, 1.54) is 0 Å². The van der Waals surface area contributed by atoms with E-state index >= 15 is 0 Å². The van der Waals surface area contributed by atoms with Crippen LogP contribution in [-0.2, 0) is 9.53 Å². The van der Waals surface area contributed by atoms with E-state index in [4.69, 9.17) is 4.74 Å². The van der Waals surface area contributed by atoms with Crippen LogP contribution in [0.3, 0.4) is 0 Å². The Hall–Kier alpha value is -0.900. The number of aliphatic imine (C=N–C) groups is 1. The Kier molecular flexibility index (Phi) is 2.85. The SMILES string of the molecule is CC(C)[C@H](O)[C@@H]1N=C2[C@H]3CC[C@@](C)([C@@H]2OC1=O)C3(C)C. The Bertz CT molecular complexity index is 482. The van der Waals surface area contributed by atoms with Crippen molar-refractivity contribution < 1.29 is 14.6 Å². The van der Waals surface area contributed by atoms with Crippen LogP contribution in [0.5, 0.6) is 0 Å². The molecule has 0 saturated heterocycles. The van der Waals surface area contributed by atoms with Crippen LogP contribution < -0.4 is 0 Å². The molecule has 0 amide bonds. The summed E-state index contributed by atoms with van der Waals surface area (Å²) in [6.45, 7) is 10.5. The van der Waals surface area contributed by atoms with Gasteiger partial charge in [0.25, 0.3) is 0 Å². The zero-order valence-electron chi connectivity index (χ0n) is 13.0. The minimum absolute atomic E-state index is 0.00404. The van der Waals surface area contributed by atoms with Crippen molar-refractivity contribution >= 4 is 11.7 Å². The van der Waals surface area contributed by atoms with E-state index in [-0.39, 0.29) is 28.8 Å². The molecule has 0 aromatic heterocycles. The Balaban J connectivity index is 2.01. The third-order valence-corrected chi connectivity index (χ3v) is 6.27. The van der Waals surface area contributed by atoms with Crippen molar-refractivity contribution in [3.63, 3.8) is 0 Å². The topological polar surface area (TPSA) is 58.9 Å². The molecule has 5 atom stereocenters. The minimum Gasteiger partial charge on any atom is -0.454 e. The normalized spacial score (nSPS) is 43.2. The highest BCUT2D eigenvalue weighted by molar-refractivity contribution is 6.01. The highest BCUT2D eigenvalue weighted by Crippen LogP contribution is 2.65. The fourth-order valence-electron chi connectivity index (χ4n) is 4.35. The molecule has 112 valence electrons. The molecular formula is C16H25NO3. The van der Waals surface area contributed by atoms with Gasteiger partial charge in [-0.2, -0.15) is 0 Å². The van der Waals surface area contributed by atoms with Crippen molar-refractivity contribution in [3.8, 4) is 0 Å². The van der Waals surface area contributed by atoms with E-state index in [1.807, 2.05) is 13.8 Å². The maximum atomic E-state index is 12.2. The zero-order valence-corrected chi connectivity index (χ0v) is 13.0. The lowest BCUT2D eigenvalue weighted by Gasteiger charge is -2.40. The Labute approximate surface area is 120 Å². The number of rotatable bonds is 2. The maximum absolute atomic E-state index is 12.2. The van der Waals surface area contributed by atoms with Crippen molar-refractivity contribution in [3.05, 3.63) is 0 Å². The predicted octanol–water partition coefficient (Wildman–Crippen LogP) is 2.19. The van der Waals surface area contributed by atoms with Crippen LogP contribution in [0, 0.1) is 22.7 Å². The number of esters is 1. The average molecular weight is 279 g/mol. The molecule has 2 aliphatic carbocycles. The number of hydrogen-bond acceptors (Lipinski definition) is 4. The number of ether oxygens (including phenoxy) is 1. The van der Waals surface area contributed by atoms with Gasteiger partial charge >= 0.3 is 5.97 Å². The number of aliphatic hydroxyl groups is 1. The standard InChI is InChI=1S/C16H25NO3/c1-8(2)12(18)11-14(19)20-13-10(17-11)9-6-7-16(13,5)15(9,3)4/h8-9,11-13,18H,6-7H2,1-5H3/t9-,11+,12+,13-,16+/m1/s1. The van der Waals surface area contributed by atoms with Gasteiger partial charge < -0.3 is 9.84 Å². The highest BCUT2D eigenvalue weighted by atomic mass is 16.6. The molecule has 1 N–H and O–H groups in total. The second kappa shape index (κ2) is 4.06. The van der Waals surface area contributed by atoms with Crippen LogP contribution in [0.2, 0.25) is 0 Å². The van der Waals surface area contributed by atoms with Crippen LogP contribution in [0.1, 0.15) is 47.5 Å². The van der Waals surface area contributed by atoms with Gasteiger partial charge in [-0.1, -0.05) is 34.6 Å². The maximum Gasteiger partial charge on any atom is 0.334 e.